The molecule has 0 radical (unpaired) electrons. The van der Waals surface area contributed by atoms with E-state index < -0.39 is 6.36 Å². The number of nitrogens with one attached hydrogen (secondary N) is 2. The van der Waals surface area contributed by atoms with Gasteiger partial charge in [0.15, 0.2) is 10.9 Å². The minimum atomic E-state index is -4.73. The first-order valence-electron chi connectivity index (χ1n) is 11.8. The number of para-hydroxylation sites is 1. The van der Waals surface area contributed by atoms with Gasteiger partial charge in [0, 0.05) is 11.9 Å². The van der Waals surface area contributed by atoms with E-state index >= 15 is 0 Å². The normalized spacial score (nSPS) is 16.1. The molecular weight excluding hydrogens is 501 g/mol. The lowest BCUT2D eigenvalue weighted by molar-refractivity contribution is -0.274. The fraction of sp³-hybridized carbons (Fsp3) is 0.308. The molecule has 1 aliphatic carbocycles. The second kappa shape index (κ2) is 11.5. The summed E-state index contributed by atoms with van der Waals surface area (Å²) in [7, 11) is 0. The predicted molar refractivity (Wildman–Crippen MR) is 142 cm³/mol. The molecular formula is C26H27F3N6OS. The Labute approximate surface area is 218 Å². The number of halogens is 3. The predicted octanol–water partition coefficient (Wildman–Crippen LogP) is 6.45. The molecule has 0 bridgehead atoms. The molecule has 7 nitrogen and oxygen atoms in total. The fourth-order valence-electron chi connectivity index (χ4n) is 3.99. The minimum absolute atomic E-state index is 0.255. The number of rotatable bonds is 7. The zero-order valence-corrected chi connectivity index (χ0v) is 21.2. The van der Waals surface area contributed by atoms with Gasteiger partial charge >= 0.3 is 6.36 Å². The van der Waals surface area contributed by atoms with Crippen molar-refractivity contribution in [2.75, 3.05) is 5.32 Å². The molecule has 0 amide bonds. The van der Waals surface area contributed by atoms with E-state index in [4.69, 9.17) is 12.2 Å². The molecule has 4 rings (SSSR count). The molecule has 0 saturated heterocycles. The minimum Gasteiger partial charge on any atom is -0.406 e. The lowest BCUT2D eigenvalue weighted by Crippen LogP contribution is -2.25. The summed E-state index contributed by atoms with van der Waals surface area (Å²) in [5.74, 6) is 0.937. The number of hydrogen-bond acceptors (Lipinski definition) is 5. The fourth-order valence-corrected chi connectivity index (χ4v) is 4.16. The monoisotopic (exact) mass is 528 g/mol. The number of aromatic nitrogens is 3. The highest BCUT2D eigenvalue weighted by molar-refractivity contribution is 7.80. The van der Waals surface area contributed by atoms with Crippen LogP contribution in [0, 0.1) is 5.92 Å². The van der Waals surface area contributed by atoms with Crippen molar-refractivity contribution in [2.24, 2.45) is 11.0 Å². The number of hydrazone groups is 1. The van der Waals surface area contributed by atoms with Crippen molar-refractivity contribution >= 4 is 34.8 Å². The van der Waals surface area contributed by atoms with Crippen LogP contribution in [0.4, 0.5) is 18.9 Å². The van der Waals surface area contributed by atoms with Crippen LogP contribution in [0.15, 0.2) is 66.0 Å². The molecule has 1 aromatic heterocycles. The van der Waals surface area contributed by atoms with Crippen molar-refractivity contribution < 1.29 is 17.9 Å². The molecule has 2 N–H and O–H groups in total. The van der Waals surface area contributed by atoms with E-state index in [2.05, 4.69) is 56.7 Å². The highest BCUT2D eigenvalue weighted by Gasteiger charge is 2.31. The Balaban J connectivity index is 1.29. The van der Waals surface area contributed by atoms with Gasteiger partial charge in [-0.15, -0.1) is 18.3 Å². The second-order valence-electron chi connectivity index (χ2n) is 8.90. The summed E-state index contributed by atoms with van der Waals surface area (Å²) in [5, 5.41) is 12.4. The molecule has 1 aliphatic rings. The summed E-state index contributed by atoms with van der Waals surface area (Å²) in [6, 6.07) is 13.5. The van der Waals surface area contributed by atoms with Crippen LogP contribution in [-0.2, 0) is 0 Å². The van der Waals surface area contributed by atoms with E-state index in [1.54, 1.807) is 6.33 Å². The average Bonchev–Trinajstić information content (AvgIpc) is 3.34. The van der Waals surface area contributed by atoms with E-state index in [9.17, 15) is 13.2 Å². The molecule has 11 heteroatoms. The topological polar surface area (TPSA) is 76.4 Å². The first-order chi connectivity index (χ1) is 17.7. The van der Waals surface area contributed by atoms with Crippen LogP contribution in [0.1, 0.15) is 50.4 Å². The molecule has 0 spiro atoms. The van der Waals surface area contributed by atoms with Gasteiger partial charge in [0.05, 0.1) is 5.69 Å². The van der Waals surface area contributed by atoms with E-state index in [0.717, 1.165) is 30.5 Å². The van der Waals surface area contributed by atoms with Crippen LogP contribution in [0.25, 0.3) is 11.3 Å². The van der Waals surface area contributed by atoms with E-state index in [-0.39, 0.29) is 11.7 Å². The second-order valence-corrected chi connectivity index (χ2v) is 9.31. The van der Waals surface area contributed by atoms with Crippen molar-refractivity contribution in [3.63, 3.8) is 0 Å². The Morgan fingerprint density at radius 2 is 1.95 bits per heavy atom. The molecule has 0 saturated carbocycles. The summed E-state index contributed by atoms with van der Waals surface area (Å²) >= 11 is 5.38. The molecule has 37 heavy (non-hydrogen) atoms. The molecule has 1 unspecified atom stereocenters. The van der Waals surface area contributed by atoms with Crippen molar-refractivity contribution in [1.29, 1.82) is 0 Å². The number of benzene rings is 2. The quantitative estimate of drug-likeness (QED) is 0.209. The first kappa shape index (κ1) is 26.3. The van der Waals surface area contributed by atoms with Crippen molar-refractivity contribution in [1.82, 2.24) is 20.2 Å². The summed E-state index contributed by atoms with van der Waals surface area (Å²) in [5.41, 5.74) is 6.65. The Hall–Kier alpha value is -3.73. The third-order valence-corrected chi connectivity index (χ3v) is 6.04. The van der Waals surface area contributed by atoms with E-state index in [0.29, 0.717) is 22.5 Å². The zero-order valence-electron chi connectivity index (χ0n) is 20.4. The van der Waals surface area contributed by atoms with Crippen molar-refractivity contribution in [3.8, 4) is 11.4 Å². The van der Waals surface area contributed by atoms with Gasteiger partial charge in [-0.05, 0) is 84.8 Å². The third kappa shape index (κ3) is 7.39. The summed E-state index contributed by atoms with van der Waals surface area (Å²) in [6.45, 7) is 4.27. The summed E-state index contributed by atoms with van der Waals surface area (Å²) in [4.78, 5) is 4.37. The number of allylic oxidation sites excluding steroid dienone is 2. The van der Waals surface area contributed by atoms with Gasteiger partial charge in [-0.25, -0.2) is 9.67 Å². The third-order valence-electron chi connectivity index (χ3n) is 5.85. The molecule has 0 aliphatic heterocycles. The van der Waals surface area contributed by atoms with Crippen molar-refractivity contribution in [3.05, 3.63) is 72.3 Å². The summed E-state index contributed by atoms with van der Waals surface area (Å²) in [6.07, 6.45) is 3.22. The molecule has 1 heterocycles. The lowest BCUT2D eigenvalue weighted by atomic mass is 9.90. The lowest BCUT2D eigenvalue weighted by Gasteiger charge is -2.17. The molecule has 2 aromatic carbocycles. The van der Waals surface area contributed by atoms with Crippen LogP contribution < -0.4 is 15.5 Å². The SMILES string of the molecule is CC(C)c1ccccc1NC(=S)NN=CC1CC=C(c2ncn(-c3ccc(OC(F)(F)F)cc3)n2)CC1. The maximum Gasteiger partial charge on any atom is 0.573 e. The van der Waals surface area contributed by atoms with Gasteiger partial charge in [-0.2, -0.15) is 5.10 Å². The van der Waals surface area contributed by atoms with Gasteiger partial charge in [0.2, 0.25) is 0 Å². The Bertz CT molecular complexity index is 1280. The standard InChI is InChI=1S/C26H27F3N6OS/c1-17(2)22-5-3-4-6-23(22)32-25(37)33-31-15-18-7-9-19(10-8-18)24-30-16-35(34-24)20-11-13-21(14-12-20)36-26(27,28)29/h3-6,9,11-18H,7-8,10H2,1-2H3,(H2,32,33,37). The number of ether oxygens (including phenoxy) is 1. The van der Waals surface area contributed by atoms with Gasteiger partial charge in [-0.1, -0.05) is 38.1 Å². The Morgan fingerprint density at radius 3 is 2.62 bits per heavy atom. The highest BCUT2D eigenvalue weighted by Crippen LogP contribution is 2.28. The molecule has 1 atom stereocenters. The Kier molecular flexibility index (Phi) is 8.22. The van der Waals surface area contributed by atoms with Gasteiger partial charge in [-0.3, -0.25) is 5.43 Å². The number of hydrogen-bond donors (Lipinski definition) is 2. The molecule has 3 aromatic rings. The number of anilines is 1. The summed E-state index contributed by atoms with van der Waals surface area (Å²) < 4.78 is 42.5. The first-order valence-corrected chi connectivity index (χ1v) is 12.2. The van der Waals surface area contributed by atoms with Gasteiger partial charge < -0.3 is 10.1 Å². The van der Waals surface area contributed by atoms with Gasteiger partial charge in [0.1, 0.15) is 12.1 Å². The van der Waals surface area contributed by atoms with Crippen LogP contribution in [-0.4, -0.2) is 32.5 Å². The van der Waals surface area contributed by atoms with Crippen LogP contribution in [0.2, 0.25) is 0 Å². The molecule has 0 fully saturated rings. The number of thiocarbonyl (C=S) groups is 1. The van der Waals surface area contributed by atoms with Crippen molar-refractivity contribution in [2.45, 2.75) is 45.4 Å². The largest absolute Gasteiger partial charge is 0.573 e. The average molecular weight is 529 g/mol. The molecule has 194 valence electrons. The number of alkyl halides is 3. The maximum absolute atomic E-state index is 12.3. The van der Waals surface area contributed by atoms with E-state index in [1.807, 2.05) is 24.4 Å². The smallest absolute Gasteiger partial charge is 0.406 e. The zero-order chi connectivity index (χ0) is 26.4. The van der Waals surface area contributed by atoms with Gasteiger partial charge in [0.25, 0.3) is 0 Å². The van der Waals surface area contributed by atoms with Crippen LogP contribution in [0.5, 0.6) is 5.75 Å². The van der Waals surface area contributed by atoms with E-state index in [1.165, 1.54) is 34.5 Å². The van der Waals surface area contributed by atoms with Crippen LogP contribution in [0.3, 0.4) is 0 Å². The Morgan fingerprint density at radius 1 is 1.19 bits per heavy atom. The highest BCUT2D eigenvalue weighted by atomic mass is 32.1. The number of nitrogens with zero attached hydrogens (tertiary/aromatic N) is 4. The van der Waals surface area contributed by atoms with Crippen LogP contribution >= 0.6 is 12.2 Å². The maximum atomic E-state index is 12.3.